The van der Waals surface area contributed by atoms with Crippen LogP contribution in [0.4, 0.5) is 14.6 Å². The number of rotatable bonds is 4. The van der Waals surface area contributed by atoms with Gasteiger partial charge in [-0.1, -0.05) is 0 Å². The third-order valence-electron chi connectivity index (χ3n) is 4.30. The van der Waals surface area contributed by atoms with Crippen LogP contribution in [-0.2, 0) is 11.2 Å². The Labute approximate surface area is 148 Å². The Morgan fingerprint density at radius 2 is 1.96 bits per heavy atom. The molecule has 134 valence electrons. The molecular formula is C18H16F2N4O2. The van der Waals surface area contributed by atoms with Crippen molar-refractivity contribution in [3.05, 3.63) is 59.4 Å². The van der Waals surface area contributed by atoms with Gasteiger partial charge in [-0.3, -0.25) is 4.79 Å². The molecule has 1 saturated heterocycles. The van der Waals surface area contributed by atoms with Gasteiger partial charge in [0.15, 0.2) is 11.4 Å². The zero-order valence-corrected chi connectivity index (χ0v) is 13.9. The largest absolute Gasteiger partial charge is 0.378 e. The highest BCUT2D eigenvalue weighted by molar-refractivity contribution is 5.97. The maximum absolute atomic E-state index is 13.9. The molecule has 0 atom stereocenters. The summed E-state index contributed by atoms with van der Waals surface area (Å²) in [4.78, 5) is 19.0. The lowest BCUT2D eigenvalue weighted by molar-refractivity contribution is 0.0988. The van der Waals surface area contributed by atoms with Crippen molar-refractivity contribution in [1.82, 2.24) is 14.6 Å². The Balaban J connectivity index is 1.67. The van der Waals surface area contributed by atoms with Crippen LogP contribution < -0.4 is 4.90 Å². The number of hydrogen-bond donors (Lipinski definition) is 0. The minimum atomic E-state index is -0.867. The molecule has 2 aromatic heterocycles. The van der Waals surface area contributed by atoms with Gasteiger partial charge in [0.1, 0.15) is 17.5 Å². The summed E-state index contributed by atoms with van der Waals surface area (Å²) >= 11 is 0. The van der Waals surface area contributed by atoms with Crippen LogP contribution in [-0.4, -0.2) is 46.7 Å². The number of benzene rings is 1. The van der Waals surface area contributed by atoms with E-state index in [1.807, 2.05) is 0 Å². The van der Waals surface area contributed by atoms with E-state index in [4.69, 9.17) is 4.74 Å². The van der Waals surface area contributed by atoms with Gasteiger partial charge in [-0.25, -0.2) is 13.8 Å². The molecule has 1 aromatic carbocycles. The van der Waals surface area contributed by atoms with Gasteiger partial charge in [-0.05, 0) is 12.1 Å². The molecule has 3 aromatic rings. The second kappa shape index (κ2) is 6.80. The number of fused-ring (bicyclic) bond motifs is 1. The van der Waals surface area contributed by atoms with Gasteiger partial charge >= 0.3 is 0 Å². The van der Waals surface area contributed by atoms with Gasteiger partial charge in [-0.2, -0.15) is 9.61 Å². The third kappa shape index (κ3) is 3.15. The number of ether oxygens (including phenoxy) is 1. The van der Waals surface area contributed by atoms with E-state index < -0.39 is 17.4 Å². The van der Waals surface area contributed by atoms with Crippen molar-refractivity contribution < 1.29 is 18.3 Å². The van der Waals surface area contributed by atoms with Crippen LogP contribution in [0.25, 0.3) is 5.65 Å². The Morgan fingerprint density at radius 3 is 2.73 bits per heavy atom. The molecule has 3 heterocycles. The molecule has 6 nitrogen and oxygen atoms in total. The molecular weight excluding hydrogens is 342 g/mol. The summed E-state index contributed by atoms with van der Waals surface area (Å²) < 4.78 is 34.0. The van der Waals surface area contributed by atoms with Gasteiger partial charge in [0, 0.05) is 31.3 Å². The minimum Gasteiger partial charge on any atom is -0.378 e. The molecule has 0 N–H and O–H groups in total. The normalized spacial score (nSPS) is 14.8. The maximum Gasteiger partial charge on any atom is 0.171 e. The second-order valence-corrected chi connectivity index (χ2v) is 6.03. The summed E-state index contributed by atoms with van der Waals surface area (Å²) in [5, 5.41) is 4.28. The fraction of sp³-hybridized carbons (Fsp3) is 0.278. The van der Waals surface area contributed by atoms with Crippen molar-refractivity contribution >= 4 is 17.2 Å². The summed E-state index contributed by atoms with van der Waals surface area (Å²) in [6.07, 6.45) is 1.55. The van der Waals surface area contributed by atoms with E-state index in [2.05, 4.69) is 15.0 Å². The smallest absolute Gasteiger partial charge is 0.171 e. The number of hydrogen-bond acceptors (Lipinski definition) is 5. The lowest BCUT2D eigenvalue weighted by atomic mass is 10.1. The molecule has 1 fully saturated rings. The van der Waals surface area contributed by atoms with Crippen molar-refractivity contribution in [1.29, 1.82) is 0 Å². The predicted molar refractivity (Wildman–Crippen MR) is 90.4 cm³/mol. The monoisotopic (exact) mass is 358 g/mol. The Hall–Kier alpha value is -2.87. The molecule has 8 heteroatoms. The molecule has 0 radical (unpaired) electrons. The van der Waals surface area contributed by atoms with Crippen LogP contribution in [0.15, 0.2) is 36.5 Å². The van der Waals surface area contributed by atoms with Crippen molar-refractivity contribution in [2.75, 3.05) is 31.2 Å². The molecule has 0 unspecified atom stereocenters. The lowest BCUT2D eigenvalue weighted by Gasteiger charge is -2.29. The van der Waals surface area contributed by atoms with Crippen LogP contribution in [0.5, 0.6) is 0 Å². The lowest BCUT2D eigenvalue weighted by Crippen LogP contribution is -2.37. The van der Waals surface area contributed by atoms with Gasteiger partial charge in [-0.15, -0.1) is 0 Å². The molecule has 0 amide bonds. The zero-order valence-electron chi connectivity index (χ0n) is 13.9. The number of aromatic nitrogens is 3. The summed E-state index contributed by atoms with van der Waals surface area (Å²) in [7, 11) is 0. The summed E-state index contributed by atoms with van der Waals surface area (Å²) in [6.45, 7) is 2.64. The van der Waals surface area contributed by atoms with Crippen molar-refractivity contribution in [2.45, 2.75) is 6.42 Å². The average Bonchev–Trinajstić information content (AvgIpc) is 3.10. The predicted octanol–water partition coefficient (Wildman–Crippen LogP) is 2.27. The molecule has 1 aliphatic rings. The van der Waals surface area contributed by atoms with Crippen LogP contribution in [0.2, 0.25) is 0 Å². The van der Waals surface area contributed by atoms with E-state index in [0.29, 0.717) is 43.7 Å². The molecule has 0 aliphatic carbocycles. The first-order valence-electron chi connectivity index (χ1n) is 8.26. The number of carbonyl (C=O) groups excluding carboxylic acids is 1. The summed E-state index contributed by atoms with van der Waals surface area (Å²) in [5.41, 5.74) is 0.971. The van der Waals surface area contributed by atoms with E-state index in [-0.39, 0.29) is 12.0 Å². The Kier molecular flexibility index (Phi) is 4.34. The van der Waals surface area contributed by atoms with Gasteiger partial charge < -0.3 is 9.64 Å². The standard InChI is InChI=1S/C18H16F2N4O2/c19-12-1-2-14(15(20)9-12)16(25)10-13-11-18(23-5-7-26-8-6-23)24-17(22-13)3-4-21-24/h1-4,9,11H,5-8,10H2. The summed E-state index contributed by atoms with van der Waals surface area (Å²) in [5.74, 6) is -1.22. The number of nitrogens with zero attached hydrogens (tertiary/aromatic N) is 4. The first-order chi connectivity index (χ1) is 12.6. The number of morpholine rings is 1. The fourth-order valence-electron chi connectivity index (χ4n) is 3.03. The van der Waals surface area contributed by atoms with E-state index in [9.17, 15) is 13.6 Å². The topological polar surface area (TPSA) is 59.7 Å². The Morgan fingerprint density at radius 1 is 1.15 bits per heavy atom. The number of Topliss-reactive ketones (excluding diaryl/α,β-unsaturated/α-hetero) is 1. The highest BCUT2D eigenvalue weighted by Crippen LogP contribution is 2.20. The number of carbonyl (C=O) groups is 1. The molecule has 0 saturated carbocycles. The molecule has 1 aliphatic heterocycles. The zero-order chi connectivity index (χ0) is 18.1. The number of anilines is 1. The number of ketones is 1. The highest BCUT2D eigenvalue weighted by atomic mass is 19.1. The quantitative estimate of drug-likeness (QED) is 0.670. The maximum atomic E-state index is 13.9. The van der Waals surface area contributed by atoms with E-state index in [0.717, 1.165) is 18.0 Å². The molecule has 0 spiro atoms. The molecule has 26 heavy (non-hydrogen) atoms. The van der Waals surface area contributed by atoms with Gasteiger partial charge in [0.25, 0.3) is 0 Å². The minimum absolute atomic E-state index is 0.0818. The van der Waals surface area contributed by atoms with Crippen LogP contribution in [0, 0.1) is 11.6 Å². The molecule has 0 bridgehead atoms. The number of halogens is 2. The third-order valence-corrected chi connectivity index (χ3v) is 4.30. The first-order valence-corrected chi connectivity index (χ1v) is 8.26. The van der Waals surface area contributed by atoms with Crippen molar-refractivity contribution in [3.8, 4) is 0 Å². The van der Waals surface area contributed by atoms with Crippen LogP contribution in [0.1, 0.15) is 16.1 Å². The highest BCUT2D eigenvalue weighted by Gasteiger charge is 2.19. The van der Waals surface area contributed by atoms with E-state index in [1.54, 1.807) is 22.8 Å². The first kappa shape index (κ1) is 16.6. The molecule has 4 rings (SSSR count). The van der Waals surface area contributed by atoms with Crippen LogP contribution in [0.3, 0.4) is 0 Å². The SMILES string of the molecule is O=C(Cc1cc(N2CCOCC2)n2nccc2n1)c1ccc(F)cc1F. The van der Waals surface area contributed by atoms with Crippen molar-refractivity contribution in [2.24, 2.45) is 0 Å². The van der Waals surface area contributed by atoms with Crippen LogP contribution >= 0.6 is 0 Å². The fourth-order valence-corrected chi connectivity index (χ4v) is 3.03. The summed E-state index contributed by atoms with van der Waals surface area (Å²) in [6, 6.07) is 6.47. The average molecular weight is 358 g/mol. The van der Waals surface area contributed by atoms with Crippen molar-refractivity contribution in [3.63, 3.8) is 0 Å². The second-order valence-electron chi connectivity index (χ2n) is 6.03. The van der Waals surface area contributed by atoms with Gasteiger partial charge in [0.2, 0.25) is 0 Å². The van der Waals surface area contributed by atoms with E-state index >= 15 is 0 Å². The van der Waals surface area contributed by atoms with E-state index in [1.165, 1.54) is 0 Å². The Bertz CT molecular complexity index is 967. The van der Waals surface area contributed by atoms with Gasteiger partial charge in [0.05, 0.1) is 37.1 Å².